The second-order valence-electron chi connectivity index (χ2n) is 6.55. The summed E-state index contributed by atoms with van der Waals surface area (Å²) in [6, 6.07) is 8.56. The van der Waals surface area contributed by atoms with Gasteiger partial charge in [-0.05, 0) is 50.8 Å². The molecule has 0 radical (unpaired) electrons. The van der Waals surface area contributed by atoms with E-state index in [9.17, 15) is 5.11 Å². The molecule has 1 aliphatic rings. The molecular weight excluding hydrogens is 336 g/mol. The molecular formula is C18H22N4O2S. The summed E-state index contributed by atoms with van der Waals surface area (Å²) >= 11 is 1.74. The lowest BCUT2D eigenvalue weighted by atomic mass is 10.1. The average Bonchev–Trinajstić information content (AvgIpc) is 3.29. The molecule has 6 nitrogen and oxygen atoms in total. The van der Waals surface area contributed by atoms with Crippen molar-refractivity contribution in [1.29, 1.82) is 0 Å². The minimum atomic E-state index is 0.224. The first-order valence-electron chi connectivity index (χ1n) is 8.62. The summed E-state index contributed by atoms with van der Waals surface area (Å²) in [5.41, 5.74) is 4.16. The summed E-state index contributed by atoms with van der Waals surface area (Å²) in [5.74, 6) is 0. The fraction of sp³-hybridized carbons (Fsp3) is 0.444. The molecule has 4 rings (SSSR count). The Hall–Kier alpha value is -1.80. The van der Waals surface area contributed by atoms with E-state index >= 15 is 0 Å². The van der Waals surface area contributed by atoms with Crippen molar-refractivity contribution >= 4 is 22.4 Å². The number of fused-ring (bicyclic) bond motifs is 1. The van der Waals surface area contributed by atoms with Gasteiger partial charge in [-0.15, -0.1) is 0 Å². The Labute approximate surface area is 150 Å². The van der Waals surface area contributed by atoms with Gasteiger partial charge in [0.05, 0.1) is 0 Å². The molecule has 2 aromatic heterocycles. The van der Waals surface area contributed by atoms with Gasteiger partial charge in [0.15, 0.2) is 0 Å². The molecule has 3 heterocycles. The van der Waals surface area contributed by atoms with Crippen LogP contribution in [0.3, 0.4) is 0 Å². The fourth-order valence-electron chi connectivity index (χ4n) is 3.58. The Morgan fingerprint density at radius 2 is 2.16 bits per heavy atom. The van der Waals surface area contributed by atoms with Crippen LogP contribution in [0.4, 0.5) is 0 Å². The first-order valence-corrected chi connectivity index (χ1v) is 9.56. The number of aliphatic hydroxyl groups is 1. The second-order valence-corrected chi connectivity index (χ2v) is 7.33. The number of thiophene rings is 1. The number of nitrogens with zero attached hydrogens (tertiary/aromatic N) is 4. The predicted octanol–water partition coefficient (Wildman–Crippen LogP) is 2.35. The highest BCUT2D eigenvalue weighted by molar-refractivity contribution is 7.07. The highest BCUT2D eigenvalue weighted by Gasteiger charge is 2.27. The maximum Gasteiger partial charge on any atom is 0.139 e. The molecule has 25 heavy (non-hydrogen) atoms. The quantitative estimate of drug-likeness (QED) is 0.730. The summed E-state index contributed by atoms with van der Waals surface area (Å²) in [5, 5.41) is 21.8. The highest BCUT2D eigenvalue weighted by Crippen LogP contribution is 2.21. The third-order valence-corrected chi connectivity index (χ3v) is 5.61. The molecule has 1 atom stereocenters. The predicted molar refractivity (Wildman–Crippen MR) is 97.3 cm³/mol. The smallest absolute Gasteiger partial charge is 0.139 e. The van der Waals surface area contributed by atoms with E-state index in [2.05, 4.69) is 43.0 Å². The summed E-state index contributed by atoms with van der Waals surface area (Å²) in [6.07, 6.45) is 0.802. The lowest BCUT2D eigenvalue weighted by Gasteiger charge is -2.41. The number of hydrogen-bond acceptors (Lipinski definition) is 7. The topological polar surface area (TPSA) is 65.6 Å². The molecule has 1 N–H and O–H groups in total. The molecule has 0 unspecified atom stereocenters. The third-order valence-electron chi connectivity index (χ3n) is 4.88. The lowest BCUT2D eigenvalue weighted by Crippen LogP contribution is -2.52. The SMILES string of the molecule is OCC[C@H]1CN(Cc2cccc3nonc23)CCN1Cc1ccsc1. The first-order chi connectivity index (χ1) is 12.3. The van der Waals surface area contributed by atoms with Crippen molar-refractivity contribution in [3.63, 3.8) is 0 Å². The average molecular weight is 358 g/mol. The first kappa shape index (κ1) is 16.7. The van der Waals surface area contributed by atoms with Crippen LogP contribution in [0.5, 0.6) is 0 Å². The molecule has 132 valence electrons. The largest absolute Gasteiger partial charge is 0.396 e. The van der Waals surface area contributed by atoms with Crippen LogP contribution in [0.15, 0.2) is 39.7 Å². The van der Waals surface area contributed by atoms with E-state index in [-0.39, 0.29) is 6.61 Å². The zero-order valence-electron chi connectivity index (χ0n) is 14.0. The van der Waals surface area contributed by atoms with Crippen LogP contribution >= 0.6 is 11.3 Å². The van der Waals surface area contributed by atoms with Gasteiger partial charge in [0.2, 0.25) is 0 Å². The van der Waals surface area contributed by atoms with E-state index in [4.69, 9.17) is 4.63 Å². The second kappa shape index (κ2) is 7.61. The van der Waals surface area contributed by atoms with Gasteiger partial charge in [0, 0.05) is 45.4 Å². The van der Waals surface area contributed by atoms with Gasteiger partial charge in [-0.1, -0.05) is 12.1 Å². The molecule has 0 aliphatic carbocycles. The van der Waals surface area contributed by atoms with E-state index in [0.717, 1.165) is 55.7 Å². The van der Waals surface area contributed by atoms with Crippen LogP contribution in [0, 0.1) is 0 Å². The van der Waals surface area contributed by atoms with Gasteiger partial charge in [-0.25, -0.2) is 4.63 Å². The monoisotopic (exact) mass is 358 g/mol. The molecule has 1 aliphatic heterocycles. The number of benzene rings is 1. The summed E-state index contributed by atoms with van der Waals surface area (Å²) in [6.45, 7) is 4.99. The van der Waals surface area contributed by atoms with E-state index in [1.54, 1.807) is 11.3 Å². The van der Waals surface area contributed by atoms with Crippen molar-refractivity contribution in [2.45, 2.75) is 25.6 Å². The van der Waals surface area contributed by atoms with Crippen LogP contribution in [0.1, 0.15) is 17.5 Å². The van der Waals surface area contributed by atoms with Gasteiger partial charge in [0.25, 0.3) is 0 Å². The maximum absolute atomic E-state index is 9.48. The van der Waals surface area contributed by atoms with E-state index in [0.29, 0.717) is 6.04 Å². The van der Waals surface area contributed by atoms with Gasteiger partial charge in [0.1, 0.15) is 11.0 Å². The molecule has 1 aromatic carbocycles. The Bertz CT molecular complexity index is 804. The van der Waals surface area contributed by atoms with Crippen molar-refractivity contribution in [1.82, 2.24) is 20.1 Å². The highest BCUT2D eigenvalue weighted by atomic mass is 32.1. The maximum atomic E-state index is 9.48. The van der Waals surface area contributed by atoms with Crippen LogP contribution in [0.2, 0.25) is 0 Å². The standard InChI is InChI=1S/C18H22N4O2S/c23-8-4-16-12-21(6-7-22(16)10-14-5-9-25-13-14)11-15-2-1-3-17-18(15)20-24-19-17/h1-3,5,9,13,16,23H,4,6-8,10-12H2/t16-/m0/s1. The van der Waals surface area contributed by atoms with Crippen LogP contribution in [-0.2, 0) is 13.1 Å². The Morgan fingerprint density at radius 1 is 1.20 bits per heavy atom. The van der Waals surface area contributed by atoms with Crippen LogP contribution < -0.4 is 0 Å². The lowest BCUT2D eigenvalue weighted by molar-refractivity contribution is 0.0502. The van der Waals surface area contributed by atoms with Gasteiger partial charge in [-0.3, -0.25) is 9.80 Å². The van der Waals surface area contributed by atoms with Crippen molar-refractivity contribution in [3.05, 3.63) is 46.2 Å². The molecule has 0 saturated carbocycles. The van der Waals surface area contributed by atoms with Gasteiger partial charge >= 0.3 is 0 Å². The molecule has 3 aromatic rings. The number of rotatable bonds is 6. The van der Waals surface area contributed by atoms with Crippen molar-refractivity contribution in [2.75, 3.05) is 26.2 Å². The van der Waals surface area contributed by atoms with E-state index in [1.165, 1.54) is 5.56 Å². The number of piperazine rings is 1. The Morgan fingerprint density at radius 3 is 3.00 bits per heavy atom. The Kier molecular flexibility index (Phi) is 5.07. The Balaban J connectivity index is 1.45. The molecule has 7 heteroatoms. The molecule has 0 spiro atoms. The van der Waals surface area contributed by atoms with E-state index in [1.807, 2.05) is 12.1 Å². The number of hydrogen-bond donors (Lipinski definition) is 1. The summed E-state index contributed by atoms with van der Waals surface area (Å²) < 4.78 is 4.87. The van der Waals surface area contributed by atoms with Crippen molar-refractivity contribution in [3.8, 4) is 0 Å². The van der Waals surface area contributed by atoms with Crippen molar-refractivity contribution in [2.24, 2.45) is 0 Å². The molecule has 1 saturated heterocycles. The zero-order valence-corrected chi connectivity index (χ0v) is 14.9. The number of aliphatic hydroxyl groups excluding tert-OH is 1. The summed E-state index contributed by atoms with van der Waals surface area (Å²) in [4.78, 5) is 4.93. The van der Waals surface area contributed by atoms with Crippen LogP contribution in [-0.4, -0.2) is 57.5 Å². The van der Waals surface area contributed by atoms with Gasteiger partial charge in [-0.2, -0.15) is 11.3 Å². The summed E-state index contributed by atoms with van der Waals surface area (Å²) in [7, 11) is 0. The number of aromatic nitrogens is 2. The minimum absolute atomic E-state index is 0.224. The van der Waals surface area contributed by atoms with Gasteiger partial charge < -0.3 is 5.11 Å². The molecule has 1 fully saturated rings. The van der Waals surface area contributed by atoms with Crippen molar-refractivity contribution < 1.29 is 9.74 Å². The fourth-order valence-corrected chi connectivity index (χ4v) is 4.24. The third kappa shape index (κ3) is 3.74. The normalized spacial score (nSPS) is 19.6. The molecule has 0 amide bonds. The zero-order chi connectivity index (χ0) is 17.1. The minimum Gasteiger partial charge on any atom is -0.396 e. The van der Waals surface area contributed by atoms with Crippen LogP contribution in [0.25, 0.3) is 11.0 Å². The molecule has 0 bridgehead atoms. The van der Waals surface area contributed by atoms with E-state index < -0.39 is 0 Å².